The molecule has 1 fully saturated rings. The lowest BCUT2D eigenvalue weighted by Gasteiger charge is -2.30. The first-order valence-electron chi connectivity index (χ1n) is 11.1. The minimum atomic E-state index is -0.459. The van der Waals surface area contributed by atoms with E-state index in [1.807, 2.05) is 6.07 Å². The van der Waals surface area contributed by atoms with Crippen molar-refractivity contribution in [1.82, 2.24) is 4.57 Å². The van der Waals surface area contributed by atoms with Crippen LogP contribution in [0.5, 0.6) is 0 Å². The molecule has 0 radical (unpaired) electrons. The topological polar surface area (TPSA) is 87.4 Å². The number of carbonyl (C=O) groups is 1. The van der Waals surface area contributed by atoms with E-state index in [-0.39, 0.29) is 17.2 Å². The predicted octanol–water partition coefficient (Wildman–Crippen LogP) is 3.34. The molecule has 1 N–H and O–H groups in total. The molecule has 0 spiro atoms. The van der Waals surface area contributed by atoms with E-state index in [2.05, 4.69) is 28.4 Å². The Morgan fingerprint density at radius 3 is 2.61 bits per heavy atom. The highest BCUT2D eigenvalue weighted by molar-refractivity contribution is 6.04. The number of nitrogens with zero attached hydrogens (tertiary/aromatic N) is 3. The van der Waals surface area contributed by atoms with Gasteiger partial charge in [0.05, 0.1) is 30.9 Å². The van der Waals surface area contributed by atoms with Gasteiger partial charge in [-0.05, 0) is 66.4 Å². The molecular formula is C26H24N4O3. The van der Waals surface area contributed by atoms with Gasteiger partial charge in [-0.3, -0.25) is 9.59 Å². The van der Waals surface area contributed by atoms with Crippen molar-refractivity contribution in [3.8, 4) is 6.07 Å². The van der Waals surface area contributed by atoms with E-state index < -0.39 is 5.91 Å². The summed E-state index contributed by atoms with van der Waals surface area (Å²) < 4.78 is 7.18. The standard InChI is InChI=1S/C26H24N4O3/c27-17-18-6-8-19(9-7-18)28-25(31)22-4-2-12-30(26(22)32)24-11-10-21-20(24)3-1-5-23(21)29-13-15-33-16-14-29/h1-9,12,24H,10-11,13-16H2,(H,28,31). The van der Waals surface area contributed by atoms with Crippen LogP contribution in [0.15, 0.2) is 65.6 Å². The first-order valence-corrected chi connectivity index (χ1v) is 11.1. The van der Waals surface area contributed by atoms with Gasteiger partial charge in [-0.2, -0.15) is 5.26 Å². The van der Waals surface area contributed by atoms with Crippen LogP contribution in [-0.2, 0) is 11.2 Å². The Balaban J connectivity index is 1.43. The summed E-state index contributed by atoms with van der Waals surface area (Å²) in [4.78, 5) is 28.5. The fraction of sp³-hybridized carbons (Fsp3) is 0.269. The molecule has 1 aliphatic carbocycles. The summed E-state index contributed by atoms with van der Waals surface area (Å²) in [6.45, 7) is 3.18. The average molecular weight is 441 g/mol. The fourth-order valence-corrected chi connectivity index (χ4v) is 4.76. The molecule has 3 aromatic rings. The van der Waals surface area contributed by atoms with Gasteiger partial charge < -0.3 is 19.5 Å². The molecule has 2 heterocycles. The minimum absolute atomic E-state index is 0.0969. The normalized spacial score (nSPS) is 17.3. The van der Waals surface area contributed by atoms with Gasteiger partial charge in [0.25, 0.3) is 11.5 Å². The van der Waals surface area contributed by atoms with Crippen LogP contribution in [0.2, 0.25) is 0 Å². The fourth-order valence-electron chi connectivity index (χ4n) is 4.76. The zero-order chi connectivity index (χ0) is 22.8. The molecule has 2 aromatic carbocycles. The Morgan fingerprint density at radius 2 is 1.85 bits per heavy atom. The molecule has 1 atom stereocenters. The molecule has 33 heavy (non-hydrogen) atoms. The number of rotatable bonds is 4. The van der Waals surface area contributed by atoms with Crippen molar-refractivity contribution >= 4 is 17.3 Å². The summed E-state index contributed by atoms with van der Waals surface area (Å²) in [7, 11) is 0. The van der Waals surface area contributed by atoms with Crippen molar-refractivity contribution in [2.75, 3.05) is 36.5 Å². The second kappa shape index (κ2) is 8.93. The molecule has 7 heteroatoms. The maximum Gasteiger partial charge on any atom is 0.263 e. The molecule has 1 unspecified atom stereocenters. The van der Waals surface area contributed by atoms with E-state index >= 15 is 0 Å². The van der Waals surface area contributed by atoms with Gasteiger partial charge in [0.1, 0.15) is 5.56 Å². The van der Waals surface area contributed by atoms with Crippen molar-refractivity contribution < 1.29 is 9.53 Å². The largest absolute Gasteiger partial charge is 0.378 e. The number of fused-ring (bicyclic) bond motifs is 1. The van der Waals surface area contributed by atoms with Gasteiger partial charge in [0.15, 0.2) is 0 Å². The number of carbonyl (C=O) groups excluding carboxylic acids is 1. The monoisotopic (exact) mass is 440 g/mol. The van der Waals surface area contributed by atoms with E-state index in [4.69, 9.17) is 10.00 Å². The Bertz CT molecular complexity index is 1280. The number of pyridine rings is 1. The molecule has 166 valence electrons. The third kappa shape index (κ3) is 4.01. The van der Waals surface area contributed by atoms with Gasteiger partial charge in [-0.25, -0.2) is 0 Å². The van der Waals surface area contributed by atoms with Crippen LogP contribution < -0.4 is 15.8 Å². The third-order valence-corrected chi connectivity index (χ3v) is 6.39. The van der Waals surface area contributed by atoms with Crippen LogP contribution in [-0.4, -0.2) is 36.8 Å². The van der Waals surface area contributed by atoms with Crippen molar-refractivity contribution in [3.05, 3.63) is 93.4 Å². The molecule has 2 aliphatic rings. The molecule has 1 aliphatic heterocycles. The molecule has 0 saturated carbocycles. The number of amides is 1. The number of hydrogen-bond donors (Lipinski definition) is 1. The van der Waals surface area contributed by atoms with Crippen LogP contribution in [0.25, 0.3) is 0 Å². The highest BCUT2D eigenvalue weighted by atomic mass is 16.5. The van der Waals surface area contributed by atoms with E-state index in [0.29, 0.717) is 11.3 Å². The van der Waals surface area contributed by atoms with E-state index in [0.717, 1.165) is 44.7 Å². The number of morpholine rings is 1. The van der Waals surface area contributed by atoms with Gasteiger partial charge >= 0.3 is 0 Å². The number of anilines is 2. The van der Waals surface area contributed by atoms with Crippen molar-refractivity contribution in [2.45, 2.75) is 18.9 Å². The quantitative estimate of drug-likeness (QED) is 0.672. The summed E-state index contributed by atoms with van der Waals surface area (Å²) in [6, 6.07) is 18.1. The van der Waals surface area contributed by atoms with Crippen LogP contribution in [0.3, 0.4) is 0 Å². The molecule has 7 nitrogen and oxygen atoms in total. The third-order valence-electron chi connectivity index (χ3n) is 6.39. The number of ether oxygens (including phenoxy) is 1. The zero-order valence-corrected chi connectivity index (χ0v) is 18.2. The maximum atomic E-state index is 13.3. The van der Waals surface area contributed by atoms with E-state index in [9.17, 15) is 9.59 Å². The summed E-state index contributed by atoms with van der Waals surface area (Å²) >= 11 is 0. The lowest BCUT2D eigenvalue weighted by Crippen LogP contribution is -2.36. The van der Waals surface area contributed by atoms with Gasteiger partial charge in [0, 0.05) is 30.7 Å². The second-order valence-corrected chi connectivity index (χ2v) is 8.28. The van der Waals surface area contributed by atoms with Crippen LogP contribution in [0.1, 0.15) is 39.5 Å². The SMILES string of the molecule is N#Cc1ccc(NC(=O)c2cccn(C3CCc4c3cccc4N3CCOCC3)c2=O)cc1. The first kappa shape index (κ1) is 21.0. The van der Waals surface area contributed by atoms with Crippen molar-refractivity contribution in [3.63, 3.8) is 0 Å². The smallest absolute Gasteiger partial charge is 0.263 e. The summed E-state index contributed by atoms with van der Waals surface area (Å²) in [5.41, 5.74) is 4.48. The Kier molecular flexibility index (Phi) is 5.68. The van der Waals surface area contributed by atoms with E-state index in [1.54, 1.807) is 47.2 Å². The molecule has 5 rings (SSSR count). The Labute approximate surface area is 191 Å². The molecule has 1 saturated heterocycles. The summed E-state index contributed by atoms with van der Waals surface area (Å²) in [5, 5.41) is 11.7. The lowest BCUT2D eigenvalue weighted by molar-refractivity contribution is 0.102. The molecule has 1 aromatic heterocycles. The van der Waals surface area contributed by atoms with Gasteiger partial charge in [-0.15, -0.1) is 0 Å². The van der Waals surface area contributed by atoms with Crippen LogP contribution in [0.4, 0.5) is 11.4 Å². The van der Waals surface area contributed by atoms with Crippen molar-refractivity contribution in [2.24, 2.45) is 0 Å². The summed E-state index contributed by atoms with van der Waals surface area (Å²) in [5.74, 6) is -0.459. The number of nitrogens with one attached hydrogen (secondary N) is 1. The molecule has 0 bridgehead atoms. The van der Waals surface area contributed by atoms with E-state index in [1.165, 1.54) is 11.3 Å². The highest BCUT2D eigenvalue weighted by Gasteiger charge is 2.29. The Morgan fingerprint density at radius 1 is 1.06 bits per heavy atom. The maximum absolute atomic E-state index is 13.3. The van der Waals surface area contributed by atoms with Gasteiger partial charge in [0.2, 0.25) is 0 Å². The number of aromatic nitrogens is 1. The summed E-state index contributed by atoms with van der Waals surface area (Å²) in [6.07, 6.45) is 3.47. The predicted molar refractivity (Wildman–Crippen MR) is 126 cm³/mol. The minimum Gasteiger partial charge on any atom is -0.378 e. The average Bonchev–Trinajstić information content (AvgIpc) is 3.29. The molecular weight excluding hydrogens is 416 g/mol. The second-order valence-electron chi connectivity index (χ2n) is 8.28. The van der Waals surface area contributed by atoms with Crippen LogP contribution >= 0.6 is 0 Å². The number of hydrogen-bond acceptors (Lipinski definition) is 5. The lowest BCUT2D eigenvalue weighted by atomic mass is 10.0. The zero-order valence-electron chi connectivity index (χ0n) is 18.2. The highest BCUT2D eigenvalue weighted by Crippen LogP contribution is 2.39. The first-order chi connectivity index (χ1) is 16.2. The Hall–Kier alpha value is -3.89. The molecule has 1 amide bonds. The van der Waals surface area contributed by atoms with Gasteiger partial charge in [-0.1, -0.05) is 12.1 Å². The van der Waals surface area contributed by atoms with Crippen molar-refractivity contribution in [1.29, 1.82) is 5.26 Å². The number of benzene rings is 2. The number of nitriles is 1. The van der Waals surface area contributed by atoms with Crippen LogP contribution in [0, 0.1) is 11.3 Å².